The minimum absolute atomic E-state index is 0.000685. The van der Waals surface area contributed by atoms with E-state index in [4.69, 9.17) is 9.15 Å². The first-order chi connectivity index (χ1) is 13.9. The number of para-hydroxylation sites is 1. The van der Waals surface area contributed by atoms with E-state index in [0.717, 1.165) is 5.39 Å². The first-order valence-electron chi connectivity index (χ1n) is 9.16. The van der Waals surface area contributed by atoms with Crippen molar-refractivity contribution in [3.05, 3.63) is 65.9 Å². The van der Waals surface area contributed by atoms with E-state index in [2.05, 4.69) is 0 Å². The second kappa shape index (κ2) is 8.59. The lowest BCUT2D eigenvalue weighted by atomic mass is 10.2. The standard InChI is InChI=1S/C21H21NO6S/c1-3-22(4-2)29(25,26)17-10-7-9-16(12-17)21(24)27-14-18(23)20-13-15-8-5-6-11-19(15)28-20/h5-13H,3-4,14H2,1-2H3. The molecule has 3 rings (SSSR count). The highest BCUT2D eigenvalue weighted by atomic mass is 32.2. The first-order valence-corrected chi connectivity index (χ1v) is 10.6. The van der Waals surface area contributed by atoms with Gasteiger partial charge in [-0.25, -0.2) is 13.2 Å². The van der Waals surface area contributed by atoms with Crippen molar-refractivity contribution in [3.63, 3.8) is 0 Å². The number of sulfonamides is 1. The van der Waals surface area contributed by atoms with E-state index in [0.29, 0.717) is 18.7 Å². The summed E-state index contributed by atoms with van der Waals surface area (Å²) in [4.78, 5) is 24.6. The molecule has 2 aromatic carbocycles. The minimum Gasteiger partial charge on any atom is -0.454 e. The third kappa shape index (κ3) is 4.38. The number of fused-ring (bicyclic) bond motifs is 1. The molecule has 0 aliphatic carbocycles. The molecule has 0 spiro atoms. The lowest BCUT2D eigenvalue weighted by molar-refractivity contribution is 0.0468. The molecule has 3 aromatic rings. The second-order valence-electron chi connectivity index (χ2n) is 6.26. The largest absolute Gasteiger partial charge is 0.454 e. The minimum atomic E-state index is -3.70. The average Bonchev–Trinajstić information content (AvgIpc) is 3.17. The highest BCUT2D eigenvalue weighted by molar-refractivity contribution is 7.89. The van der Waals surface area contributed by atoms with E-state index in [-0.39, 0.29) is 16.2 Å². The van der Waals surface area contributed by atoms with Crippen LogP contribution in [0.15, 0.2) is 63.9 Å². The number of carbonyl (C=O) groups excluding carboxylic acids is 2. The number of esters is 1. The van der Waals surface area contributed by atoms with Crippen LogP contribution in [0.4, 0.5) is 0 Å². The summed E-state index contributed by atoms with van der Waals surface area (Å²) in [5.41, 5.74) is 0.618. The predicted octanol–water partition coefficient (Wildman–Crippen LogP) is 3.50. The zero-order valence-electron chi connectivity index (χ0n) is 16.1. The fourth-order valence-corrected chi connectivity index (χ4v) is 4.41. The molecule has 29 heavy (non-hydrogen) atoms. The first kappa shape index (κ1) is 20.8. The summed E-state index contributed by atoms with van der Waals surface area (Å²) in [6.07, 6.45) is 0. The van der Waals surface area contributed by atoms with Gasteiger partial charge in [-0.05, 0) is 30.3 Å². The van der Waals surface area contributed by atoms with Gasteiger partial charge in [0.1, 0.15) is 5.58 Å². The van der Waals surface area contributed by atoms with Crippen molar-refractivity contribution in [2.45, 2.75) is 18.7 Å². The normalized spacial score (nSPS) is 11.7. The number of furan rings is 1. The number of hydrogen-bond donors (Lipinski definition) is 0. The molecule has 0 fully saturated rings. The second-order valence-corrected chi connectivity index (χ2v) is 8.20. The molecule has 0 unspecified atom stereocenters. The van der Waals surface area contributed by atoms with Gasteiger partial charge in [0, 0.05) is 18.5 Å². The molecule has 0 aliphatic rings. The third-order valence-electron chi connectivity index (χ3n) is 4.45. The van der Waals surface area contributed by atoms with Crippen LogP contribution in [0, 0.1) is 0 Å². The van der Waals surface area contributed by atoms with Crippen LogP contribution in [-0.4, -0.2) is 44.2 Å². The van der Waals surface area contributed by atoms with Gasteiger partial charge in [-0.2, -0.15) is 4.31 Å². The molecular formula is C21H21NO6S. The number of carbonyl (C=O) groups is 2. The summed E-state index contributed by atoms with van der Waals surface area (Å²) in [5.74, 6) is -1.18. The number of ketones is 1. The number of nitrogens with zero attached hydrogens (tertiary/aromatic N) is 1. The maximum absolute atomic E-state index is 12.6. The molecule has 1 aromatic heterocycles. The zero-order chi connectivity index (χ0) is 21.0. The van der Waals surface area contributed by atoms with E-state index in [1.165, 1.54) is 28.6 Å². The average molecular weight is 415 g/mol. The Hall–Kier alpha value is -2.97. The molecule has 7 nitrogen and oxygen atoms in total. The molecule has 0 aliphatic heterocycles. The van der Waals surface area contributed by atoms with Crippen molar-refractivity contribution in [1.29, 1.82) is 0 Å². The fraction of sp³-hybridized carbons (Fsp3) is 0.238. The maximum Gasteiger partial charge on any atom is 0.338 e. The van der Waals surface area contributed by atoms with Crippen LogP contribution in [0.2, 0.25) is 0 Å². The Balaban J connectivity index is 1.71. The Labute approximate surface area is 168 Å². The van der Waals surface area contributed by atoms with Crippen LogP contribution < -0.4 is 0 Å². The Morgan fingerprint density at radius 2 is 1.72 bits per heavy atom. The lowest BCUT2D eigenvalue weighted by Crippen LogP contribution is -2.30. The molecule has 0 N–H and O–H groups in total. The van der Waals surface area contributed by atoms with Crippen molar-refractivity contribution in [2.75, 3.05) is 19.7 Å². The van der Waals surface area contributed by atoms with Gasteiger partial charge in [-0.3, -0.25) is 4.79 Å². The van der Waals surface area contributed by atoms with E-state index < -0.39 is 28.4 Å². The zero-order valence-corrected chi connectivity index (χ0v) is 16.9. The van der Waals surface area contributed by atoms with Crippen molar-refractivity contribution in [1.82, 2.24) is 4.31 Å². The summed E-state index contributed by atoms with van der Waals surface area (Å²) < 4.78 is 37.0. The number of ether oxygens (including phenoxy) is 1. The Morgan fingerprint density at radius 1 is 1.00 bits per heavy atom. The Morgan fingerprint density at radius 3 is 2.41 bits per heavy atom. The summed E-state index contributed by atoms with van der Waals surface area (Å²) in [6.45, 7) is 3.61. The SMILES string of the molecule is CCN(CC)S(=O)(=O)c1cccc(C(=O)OCC(=O)c2cc3ccccc3o2)c1. The quantitative estimate of drug-likeness (QED) is 0.413. The summed E-state index contributed by atoms with van der Waals surface area (Å²) in [7, 11) is -3.70. The van der Waals surface area contributed by atoms with Gasteiger partial charge in [0.2, 0.25) is 15.8 Å². The van der Waals surface area contributed by atoms with Crippen molar-refractivity contribution in [2.24, 2.45) is 0 Å². The Kier molecular flexibility index (Phi) is 6.14. The van der Waals surface area contributed by atoms with Gasteiger partial charge < -0.3 is 9.15 Å². The summed E-state index contributed by atoms with van der Waals surface area (Å²) >= 11 is 0. The molecule has 8 heteroatoms. The number of rotatable bonds is 8. The summed E-state index contributed by atoms with van der Waals surface area (Å²) in [6, 6.07) is 14.3. The van der Waals surface area contributed by atoms with Gasteiger partial charge in [0.25, 0.3) is 0 Å². The lowest BCUT2D eigenvalue weighted by Gasteiger charge is -2.18. The smallest absolute Gasteiger partial charge is 0.338 e. The van der Waals surface area contributed by atoms with Crippen molar-refractivity contribution in [3.8, 4) is 0 Å². The van der Waals surface area contributed by atoms with Crippen LogP contribution in [0.25, 0.3) is 11.0 Å². The molecule has 0 amide bonds. The van der Waals surface area contributed by atoms with Crippen LogP contribution >= 0.6 is 0 Å². The topological polar surface area (TPSA) is 93.9 Å². The van der Waals surface area contributed by atoms with E-state index in [1.807, 2.05) is 12.1 Å². The van der Waals surface area contributed by atoms with E-state index >= 15 is 0 Å². The fourth-order valence-electron chi connectivity index (χ4n) is 2.90. The number of Topliss-reactive ketones (excluding diaryl/α,β-unsaturated/α-hetero) is 1. The van der Waals surface area contributed by atoms with Gasteiger partial charge in [0.05, 0.1) is 10.5 Å². The monoisotopic (exact) mass is 415 g/mol. The van der Waals surface area contributed by atoms with Gasteiger partial charge in [-0.15, -0.1) is 0 Å². The molecule has 1 heterocycles. The van der Waals surface area contributed by atoms with Gasteiger partial charge >= 0.3 is 5.97 Å². The molecule has 0 saturated heterocycles. The van der Waals surface area contributed by atoms with E-state index in [1.54, 1.807) is 32.0 Å². The maximum atomic E-state index is 12.6. The molecule has 0 saturated carbocycles. The number of hydrogen-bond acceptors (Lipinski definition) is 6. The Bertz CT molecular complexity index is 1110. The molecule has 0 atom stereocenters. The van der Waals surface area contributed by atoms with Crippen LogP contribution in [0.3, 0.4) is 0 Å². The van der Waals surface area contributed by atoms with Crippen LogP contribution in [-0.2, 0) is 14.8 Å². The highest BCUT2D eigenvalue weighted by Gasteiger charge is 2.23. The van der Waals surface area contributed by atoms with Crippen molar-refractivity contribution < 1.29 is 27.2 Å². The van der Waals surface area contributed by atoms with Gasteiger partial charge in [0.15, 0.2) is 12.4 Å². The predicted molar refractivity (Wildman–Crippen MR) is 107 cm³/mol. The molecule has 0 radical (unpaired) electrons. The number of benzene rings is 2. The third-order valence-corrected chi connectivity index (χ3v) is 6.49. The highest BCUT2D eigenvalue weighted by Crippen LogP contribution is 2.20. The molecule has 152 valence electrons. The van der Waals surface area contributed by atoms with Gasteiger partial charge in [-0.1, -0.05) is 38.1 Å². The molecule has 0 bridgehead atoms. The molecular weight excluding hydrogens is 394 g/mol. The summed E-state index contributed by atoms with van der Waals surface area (Å²) in [5, 5.41) is 0.775. The van der Waals surface area contributed by atoms with Crippen LogP contribution in [0.1, 0.15) is 34.8 Å². The van der Waals surface area contributed by atoms with E-state index in [9.17, 15) is 18.0 Å². The van der Waals surface area contributed by atoms with Crippen molar-refractivity contribution >= 4 is 32.7 Å². The van der Waals surface area contributed by atoms with Crippen LogP contribution in [0.5, 0.6) is 0 Å².